The van der Waals surface area contributed by atoms with E-state index in [9.17, 15) is 9.90 Å². The summed E-state index contributed by atoms with van der Waals surface area (Å²) >= 11 is 0. The van der Waals surface area contributed by atoms with Crippen LogP contribution in [0.4, 0.5) is 0 Å². The van der Waals surface area contributed by atoms with E-state index in [2.05, 4.69) is 0 Å². The summed E-state index contributed by atoms with van der Waals surface area (Å²) in [6.45, 7) is 1.88. The first kappa shape index (κ1) is 7.32. The van der Waals surface area contributed by atoms with E-state index in [0.29, 0.717) is 5.76 Å². The number of aldehydes is 1. The smallest absolute Gasteiger partial charge is 0.123 e. The van der Waals surface area contributed by atoms with Crippen molar-refractivity contribution in [3.63, 3.8) is 0 Å². The van der Waals surface area contributed by atoms with Gasteiger partial charge in [-0.05, 0) is 18.9 Å². The van der Waals surface area contributed by atoms with Crippen molar-refractivity contribution in [3.05, 3.63) is 11.8 Å². The molecule has 10 heavy (non-hydrogen) atoms. The van der Waals surface area contributed by atoms with Crippen LogP contribution in [0.25, 0.3) is 0 Å². The normalized spacial score (nSPS) is 33.1. The molecule has 1 unspecified atom stereocenters. The van der Waals surface area contributed by atoms with Gasteiger partial charge in [0.05, 0.1) is 5.76 Å². The molecular formula is C8H12O2. The molecule has 0 fully saturated rings. The molecule has 1 rings (SSSR count). The molecule has 0 saturated carbocycles. The third kappa shape index (κ3) is 1.20. The van der Waals surface area contributed by atoms with Crippen molar-refractivity contribution in [1.82, 2.24) is 0 Å². The fraction of sp³-hybridized carbons (Fsp3) is 0.625. The Labute approximate surface area is 60.6 Å². The van der Waals surface area contributed by atoms with Crippen LogP contribution in [0.15, 0.2) is 11.8 Å². The van der Waals surface area contributed by atoms with Gasteiger partial charge in [-0.2, -0.15) is 0 Å². The van der Waals surface area contributed by atoms with Gasteiger partial charge in [-0.25, -0.2) is 0 Å². The molecular weight excluding hydrogens is 128 g/mol. The summed E-state index contributed by atoms with van der Waals surface area (Å²) in [4.78, 5) is 10.4. The topological polar surface area (TPSA) is 37.3 Å². The number of allylic oxidation sites excluding steroid dienone is 2. The van der Waals surface area contributed by atoms with Gasteiger partial charge in [0.2, 0.25) is 0 Å². The van der Waals surface area contributed by atoms with E-state index in [-0.39, 0.29) is 11.8 Å². The maximum atomic E-state index is 10.4. The van der Waals surface area contributed by atoms with Crippen LogP contribution in [-0.4, -0.2) is 11.4 Å². The molecule has 0 aromatic heterocycles. The predicted molar refractivity (Wildman–Crippen MR) is 38.7 cm³/mol. The SMILES string of the molecule is CC1C(O)=CCC[C@@H]1C=O. The monoisotopic (exact) mass is 140 g/mol. The second kappa shape index (κ2) is 2.86. The molecule has 0 heterocycles. The zero-order chi connectivity index (χ0) is 7.56. The lowest BCUT2D eigenvalue weighted by Gasteiger charge is -2.21. The maximum Gasteiger partial charge on any atom is 0.123 e. The van der Waals surface area contributed by atoms with Crippen LogP contribution in [0.2, 0.25) is 0 Å². The molecule has 0 bridgehead atoms. The highest BCUT2D eigenvalue weighted by molar-refractivity contribution is 5.55. The van der Waals surface area contributed by atoms with Gasteiger partial charge in [0.1, 0.15) is 6.29 Å². The van der Waals surface area contributed by atoms with Crippen LogP contribution in [0, 0.1) is 11.8 Å². The predicted octanol–water partition coefficient (Wildman–Crippen LogP) is 1.67. The molecule has 0 amide bonds. The number of aliphatic hydroxyl groups is 1. The molecule has 0 radical (unpaired) electrons. The minimum absolute atomic E-state index is 0.0324. The van der Waals surface area contributed by atoms with E-state index in [1.165, 1.54) is 0 Å². The summed E-state index contributed by atoms with van der Waals surface area (Å²) in [5.41, 5.74) is 0. The Kier molecular flexibility index (Phi) is 2.10. The molecule has 2 heteroatoms. The van der Waals surface area contributed by atoms with Crippen LogP contribution >= 0.6 is 0 Å². The van der Waals surface area contributed by atoms with Crippen molar-refractivity contribution in [1.29, 1.82) is 0 Å². The molecule has 56 valence electrons. The van der Waals surface area contributed by atoms with E-state index in [1.807, 2.05) is 6.92 Å². The highest BCUT2D eigenvalue weighted by Gasteiger charge is 2.22. The summed E-state index contributed by atoms with van der Waals surface area (Å²) in [6, 6.07) is 0. The molecule has 1 aliphatic rings. The number of carbonyl (C=O) groups excluding carboxylic acids is 1. The minimum Gasteiger partial charge on any atom is -0.512 e. The first-order valence-electron chi connectivity index (χ1n) is 3.60. The molecule has 0 aromatic rings. The second-order valence-corrected chi connectivity index (χ2v) is 2.79. The molecule has 1 N–H and O–H groups in total. The number of carbonyl (C=O) groups is 1. The third-order valence-corrected chi connectivity index (χ3v) is 2.14. The largest absolute Gasteiger partial charge is 0.512 e. The average molecular weight is 140 g/mol. The number of aliphatic hydroxyl groups excluding tert-OH is 1. The molecule has 1 aliphatic carbocycles. The van der Waals surface area contributed by atoms with E-state index >= 15 is 0 Å². The zero-order valence-electron chi connectivity index (χ0n) is 6.08. The van der Waals surface area contributed by atoms with Crippen molar-refractivity contribution < 1.29 is 9.90 Å². The summed E-state index contributed by atoms with van der Waals surface area (Å²) in [6.07, 6.45) is 4.45. The van der Waals surface area contributed by atoms with Gasteiger partial charge in [0.15, 0.2) is 0 Å². The standard InChI is InChI=1S/C8H12O2/c1-6-7(5-9)3-2-4-8(6)10/h4-7,10H,2-3H2,1H3/t6?,7-/m1/s1. The Morgan fingerprint density at radius 3 is 3.00 bits per heavy atom. The zero-order valence-corrected chi connectivity index (χ0v) is 6.08. The van der Waals surface area contributed by atoms with Gasteiger partial charge in [-0.3, -0.25) is 0 Å². The highest BCUT2D eigenvalue weighted by Crippen LogP contribution is 2.26. The van der Waals surface area contributed by atoms with Crippen molar-refractivity contribution in [2.45, 2.75) is 19.8 Å². The quantitative estimate of drug-likeness (QED) is 0.562. The van der Waals surface area contributed by atoms with Crippen LogP contribution in [0.1, 0.15) is 19.8 Å². The van der Waals surface area contributed by atoms with E-state index in [0.717, 1.165) is 19.1 Å². The van der Waals surface area contributed by atoms with Gasteiger partial charge >= 0.3 is 0 Å². The fourth-order valence-electron chi connectivity index (χ4n) is 1.26. The van der Waals surface area contributed by atoms with E-state index in [1.54, 1.807) is 6.08 Å². The van der Waals surface area contributed by atoms with Gasteiger partial charge in [-0.1, -0.05) is 6.92 Å². The Balaban J connectivity index is 2.67. The van der Waals surface area contributed by atoms with E-state index < -0.39 is 0 Å². The first-order chi connectivity index (χ1) is 4.75. The fourth-order valence-corrected chi connectivity index (χ4v) is 1.26. The Bertz CT molecular complexity index is 161. The lowest BCUT2D eigenvalue weighted by atomic mass is 9.85. The number of rotatable bonds is 1. The lowest BCUT2D eigenvalue weighted by Crippen LogP contribution is -2.18. The summed E-state index contributed by atoms with van der Waals surface area (Å²) in [5.74, 6) is 0.444. The molecule has 0 aliphatic heterocycles. The van der Waals surface area contributed by atoms with Crippen LogP contribution in [0.3, 0.4) is 0 Å². The third-order valence-electron chi connectivity index (χ3n) is 2.14. The van der Waals surface area contributed by atoms with Crippen molar-refractivity contribution in [2.24, 2.45) is 11.8 Å². The van der Waals surface area contributed by atoms with Crippen molar-refractivity contribution >= 4 is 6.29 Å². The summed E-state index contributed by atoms with van der Waals surface area (Å²) in [7, 11) is 0. The molecule has 2 atom stereocenters. The van der Waals surface area contributed by atoms with Crippen LogP contribution in [0.5, 0.6) is 0 Å². The molecule has 0 aromatic carbocycles. The maximum absolute atomic E-state index is 10.4. The minimum atomic E-state index is 0.0324. The molecule has 2 nitrogen and oxygen atoms in total. The summed E-state index contributed by atoms with van der Waals surface area (Å²) in [5, 5.41) is 9.18. The number of hydrogen-bond donors (Lipinski definition) is 1. The summed E-state index contributed by atoms with van der Waals surface area (Å²) < 4.78 is 0. The Hall–Kier alpha value is -0.790. The van der Waals surface area contributed by atoms with Crippen molar-refractivity contribution in [3.8, 4) is 0 Å². The average Bonchev–Trinajstić information content (AvgIpc) is 1.95. The highest BCUT2D eigenvalue weighted by atomic mass is 16.3. The Morgan fingerprint density at radius 2 is 2.50 bits per heavy atom. The van der Waals surface area contributed by atoms with Crippen LogP contribution < -0.4 is 0 Å². The van der Waals surface area contributed by atoms with Crippen molar-refractivity contribution in [2.75, 3.05) is 0 Å². The molecule has 0 spiro atoms. The van der Waals surface area contributed by atoms with Gasteiger partial charge in [0, 0.05) is 11.8 Å². The first-order valence-corrected chi connectivity index (χ1v) is 3.60. The molecule has 0 saturated heterocycles. The van der Waals surface area contributed by atoms with Crippen LogP contribution in [-0.2, 0) is 4.79 Å². The van der Waals surface area contributed by atoms with Gasteiger partial charge in [0.25, 0.3) is 0 Å². The van der Waals surface area contributed by atoms with Gasteiger partial charge < -0.3 is 9.90 Å². The number of hydrogen-bond acceptors (Lipinski definition) is 2. The Morgan fingerprint density at radius 1 is 1.80 bits per heavy atom. The second-order valence-electron chi connectivity index (χ2n) is 2.79. The lowest BCUT2D eigenvalue weighted by molar-refractivity contribution is -0.112. The van der Waals surface area contributed by atoms with E-state index in [4.69, 9.17) is 0 Å². The van der Waals surface area contributed by atoms with Gasteiger partial charge in [-0.15, -0.1) is 0 Å².